The molecule has 20 heavy (non-hydrogen) atoms. The first-order chi connectivity index (χ1) is 9.66. The molecule has 1 fully saturated rings. The third-order valence-electron chi connectivity index (χ3n) is 3.97. The minimum atomic E-state index is -0.469. The Kier molecular flexibility index (Phi) is 5.56. The van der Waals surface area contributed by atoms with Crippen LogP contribution in [0.5, 0.6) is 0 Å². The van der Waals surface area contributed by atoms with Crippen LogP contribution >= 0.6 is 0 Å². The molecule has 0 aromatic heterocycles. The average molecular weight is 275 g/mol. The molecule has 1 aliphatic heterocycles. The molecule has 4 heteroatoms. The Labute approximate surface area is 121 Å². The predicted octanol–water partition coefficient (Wildman–Crippen LogP) is 1.16. The number of carbonyl (C=O) groups excluding carboxylic acids is 1. The van der Waals surface area contributed by atoms with Gasteiger partial charge < -0.3 is 11.1 Å². The number of hydrogen-bond donors (Lipinski definition) is 2. The fraction of sp³-hybridized carbons (Fsp3) is 0.562. The van der Waals surface area contributed by atoms with E-state index in [1.54, 1.807) is 0 Å². The molecule has 2 rings (SSSR count). The van der Waals surface area contributed by atoms with Gasteiger partial charge in [-0.05, 0) is 44.8 Å². The summed E-state index contributed by atoms with van der Waals surface area (Å²) >= 11 is 0. The van der Waals surface area contributed by atoms with E-state index >= 15 is 0 Å². The number of nitrogens with one attached hydrogen (secondary N) is 1. The average Bonchev–Trinajstić information content (AvgIpc) is 2.99. The van der Waals surface area contributed by atoms with Crippen LogP contribution in [0.4, 0.5) is 0 Å². The largest absolute Gasteiger partial charge is 0.353 e. The van der Waals surface area contributed by atoms with E-state index in [0.29, 0.717) is 19.0 Å². The van der Waals surface area contributed by atoms with E-state index in [2.05, 4.69) is 17.1 Å². The Morgan fingerprint density at radius 1 is 1.30 bits per heavy atom. The summed E-state index contributed by atoms with van der Waals surface area (Å²) in [6.45, 7) is 5.13. The van der Waals surface area contributed by atoms with Gasteiger partial charge in [0.2, 0.25) is 5.91 Å². The van der Waals surface area contributed by atoms with Crippen LogP contribution in [-0.4, -0.2) is 42.5 Å². The van der Waals surface area contributed by atoms with Crippen molar-refractivity contribution in [2.24, 2.45) is 5.73 Å². The lowest BCUT2D eigenvalue weighted by Crippen LogP contribution is -2.47. The Hall–Kier alpha value is -1.39. The molecule has 0 spiro atoms. The third kappa shape index (κ3) is 4.32. The van der Waals surface area contributed by atoms with Gasteiger partial charge in [-0.1, -0.05) is 30.3 Å². The van der Waals surface area contributed by atoms with E-state index < -0.39 is 6.04 Å². The molecule has 1 aromatic carbocycles. The zero-order valence-electron chi connectivity index (χ0n) is 12.2. The lowest BCUT2D eigenvalue weighted by molar-refractivity contribution is -0.122. The Bertz CT molecular complexity index is 415. The van der Waals surface area contributed by atoms with Gasteiger partial charge in [0.25, 0.3) is 0 Å². The molecule has 0 radical (unpaired) electrons. The molecule has 1 aromatic rings. The Balaban J connectivity index is 1.73. The van der Waals surface area contributed by atoms with Crippen molar-refractivity contribution in [2.45, 2.75) is 38.3 Å². The van der Waals surface area contributed by atoms with Crippen LogP contribution in [0.2, 0.25) is 0 Å². The van der Waals surface area contributed by atoms with Crippen LogP contribution in [0.1, 0.15) is 25.3 Å². The molecule has 2 atom stereocenters. The number of carbonyl (C=O) groups is 1. The summed E-state index contributed by atoms with van der Waals surface area (Å²) in [5, 5.41) is 2.97. The molecular formula is C16H25N3O. The normalized spacial score (nSPS) is 18.7. The number of benzene rings is 1. The summed E-state index contributed by atoms with van der Waals surface area (Å²) in [5.41, 5.74) is 7.06. The molecule has 3 N–H and O–H groups in total. The summed E-state index contributed by atoms with van der Waals surface area (Å²) in [6.07, 6.45) is 3.13. The molecular weight excluding hydrogens is 250 g/mol. The zero-order chi connectivity index (χ0) is 14.4. The van der Waals surface area contributed by atoms with Gasteiger partial charge in [-0.15, -0.1) is 0 Å². The molecule has 1 aliphatic rings. The monoisotopic (exact) mass is 275 g/mol. The van der Waals surface area contributed by atoms with E-state index in [1.165, 1.54) is 12.8 Å². The number of likely N-dealkylation sites (tertiary alicyclic amines) is 1. The molecule has 4 nitrogen and oxygen atoms in total. The fourth-order valence-electron chi connectivity index (χ4n) is 2.65. The third-order valence-corrected chi connectivity index (χ3v) is 3.97. The SMILES string of the molecule is CC(CNC(=O)[C@H](N)Cc1ccccc1)N1CCCC1. The first-order valence-electron chi connectivity index (χ1n) is 7.48. The van der Waals surface area contributed by atoms with E-state index in [1.807, 2.05) is 30.3 Å². The van der Waals surface area contributed by atoms with Gasteiger partial charge in [-0.25, -0.2) is 0 Å². The van der Waals surface area contributed by atoms with Gasteiger partial charge in [0.15, 0.2) is 0 Å². The Morgan fingerprint density at radius 3 is 2.60 bits per heavy atom. The number of hydrogen-bond acceptors (Lipinski definition) is 3. The molecule has 0 saturated carbocycles. The standard InChI is InChI=1S/C16H25N3O/c1-13(19-9-5-6-10-19)12-18-16(20)15(17)11-14-7-3-2-4-8-14/h2-4,7-8,13,15H,5-6,9-12,17H2,1H3,(H,18,20)/t13?,15-/m1/s1. The van der Waals surface area contributed by atoms with Gasteiger partial charge in [0.1, 0.15) is 0 Å². The second kappa shape index (κ2) is 7.41. The zero-order valence-corrected chi connectivity index (χ0v) is 12.2. The van der Waals surface area contributed by atoms with Crippen molar-refractivity contribution in [2.75, 3.05) is 19.6 Å². The highest BCUT2D eigenvalue weighted by molar-refractivity contribution is 5.81. The molecule has 1 amide bonds. The number of nitrogens with two attached hydrogens (primary N) is 1. The van der Waals surface area contributed by atoms with Gasteiger partial charge in [0, 0.05) is 12.6 Å². The predicted molar refractivity (Wildman–Crippen MR) is 81.4 cm³/mol. The smallest absolute Gasteiger partial charge is 0.237 e. The maximum atomic E-state index is 12.0. The quantitative estimate of drug-likeness (QED) is 0.819. The fourth-order valence-corrected chi connectivity index (χ4v) is 2.65. The lowest BCUT2D eigenvalue weighted by Gasteiger charge is -2.24. The van der Waals surface area contributed by atoms with Crippen molar-refractivity contribution in [1.82, 2.24) is 10.2 Å². The summed E-state index contributed by atoms with van der Waals surface area (Å²) < 4.78 is 0. The highest BCUT2D eigenvalue weighted by Gasteiger charge is 2.20. The maximum absolute atomic E-state index is 12.0. The van der Waals surface area contributed by atoms with Crippen LogP contribution in [0.15, 0.2) is 30.3 Å². The van der Waals surface area contributed by atoms with Gasteiger partial charge >= 0.3 is 0 Å². The van der Waals surface area contributed by atoms with Crippen LogP contribution in [0.25, 0.3) is 0 Å². The van der Waals surface area contributed by atoms with Gasteiger partial charge in [-0.2, -0.15) is 0 Å². The minimum Gasteiger partial charge on any atom is -0.353 e. The van der Waals surface area contributed by atoms with Crippen LogP contribution in [-0.2, 0) is 11.2 Å². The van der Waals surface area contributed by atoms with E-state index in [0.717, 1.165) is 18.7 Å². The number of rotatable bonds is 6. The lowest BCUT2D eigenvalue weighted by atomic mass is 10.1. The summed E-state index contributed by atoms with van der Waals surface area (Å²) in [6, 6.07) is 9.83. The first-order valence-corrected chi connectivity index (χ1v) is 7.48. The first kappa shape index (κ1) is 15.0. The summed E-state index contributed by atoms with van der Waals surface area (Å²) in [5.74, 6) is -0.0556. The van der Waals surface area contributed by atoms with Crippen LogP contribution in [0.3, 0.4) is 0 Å². The van der Waals surface area contributed by atoms with Crippen molar-refractivity contribution in [1.29, 1.82) is 0 Å². The van der Waals surface area contributed by atoms with E-state index in [-0.39, 0.29) is 5.91 Å². The molecule has 110 valence electrons. The van der Waals surface area contributed by atoms with Crippen molar-refractivity contribution in [3.8, 4) is 0 Å². The molecule has 1 saturated heterocycles. The van der Waals surface area contributed by atoms with Crippen molar-refractivity contribution < 1.29 is 4.79 Å². The minimum absolute atomic E-state index is 0.0556. The van der Waals surface area contributed by atoms with Gasteiger partial charge in [0.05, 0.1) is 6.04 Å². The van der Waals surface area contributed by atoms with Crippen molar-refractivity contribution in [3.63, 3.8) is 0 Å². The second-order valence-electron chi connectivity index (χ2n) is 5.63. The van der Waals surface area contributed by atoms with Gasteiger partial charge in [-0.3, -0.25) is 9.69 Å². The molecule has 1 unspecified atom stereocenters. The van der Waals surface area contributed by atoms with Crippen molar-refractivity contribution in [3.05, 3.63) is 35.9 Å². The Morgan fingerprint density at radius 2 is 1.95 bits per heavy atom. The summed E-state index contributed by atoms with van der Waals surface area (Å²) in [4.78, 5) is 14.4. The highest BCUT2D eigenvalue weighted by Crippen LogP contribution is 2.10. The second-order valence-corrected chi connectivity index (χ2v) is 5.63. The number of amides is 1. The summed E-state index contributed by atoms with van der Waals surface area (Å²) in [7, 11) is 0. The van der Waals surface area contributed by atoms with E-state index in [4.69, 9.17) is 5.73 Å². The van der Waals surface area contributed by atoms with Crippen LogP contribution < -0.4 is 11.1 Å². The highest BCUT2D eigenvalue weighted by atomic mass is 16.2. The van der Waals surface area contributed by atoms with Crippen molar-refractivity contribution >= 4 is 5.91 Å². The van der Waals surface area contributed by atoms with E-state index in [9.17, 15) is 4.79 Å². The molecule has 1 heterocycles. The van der Waals surface area contributed by atoms with Crippen LogP contribution in [0, 0.1) is 0 Å². The molecule has 0 bridgehead atoms. The topological polar surface area (TPSA) is 58.4 Å². The maximum Gasteiger partial charge on any atom is 0.237 e. The molecule has 0 aliphatic carbocycles. The number of nitrogens with zero attached hydrogens (tertiary/aromatic N) is 1.